The Morgan fingerprint density at radius 1 is 1.29 bits per heavy atom. The summed E-state index contributed by atoms with van der Waals surface area (Å²) in [5.41, 5.74) is 0.746. The molecule has 2 amide bonds. The lowest BCUT2D eigenvalue weighted by Crippen LogP contribution is -2.37. The van der Waals surface area contributed by atoms with E-state index in [1.54, 1.807) is 18.0 Å². The van der Waals surface area contributed by atoms with Crippen LogP contribution < -0.4 is 10.6 Å². The number of carbonyl (C=O) groups excluding carboxylic acids is 1. The SMILES string of the molecule is C[C@H](C#N)CSc1ccccc1NC(=O)N[C@H](C)Cc1ccco1. The van der Waals surface area contributed by atoms with Gasteiger partial charge in [-0.15, -0.1) is 11.8 Å². The second kappa shape index (κ2) is 9.04. The van der Waals surface area contributed by atoms with Gasteiger partial charge in [-0.2, -0.15) is 5.26 Å². The normalized spacial score (nSPS) is 12.9. The van der Waals surface area contributed by atoms with Gasteiger partial charge in [-0.1, -0.05) is 12.1 Å². The van der Waals surface area contributed by atoms with E-state index in [0.29, 0.717) is 12.2 Å². The molecule has 0 aliphatic carbocycles. The Hall–Kier alpha value is -2.39. The molecule has 0 radical (unpaired) electrons. The Kier molecular flexibility index (Phi) is 6.76. The molecular formula is C18H21N3O2S. The Morgan fingerprint density at radius 2 is 2.08 bits per heavy atom. The fraction of sp³-hybridized carbons (Fsp3) is 0.333. The van der Waals surface area contributed by atoms with Crippen LogP contribution in [0.2, 0.25) is 0 Å². The summed E-state index contributed by atoms with van der Waals surface area (Å²) in [4.78, 5) is 13.1. The molecule has 0 saturated heterocycles. The maximum Gasteiger partial charge on any atom is 0.319 e. The first kappa shape index (κ1) is 18.0. The Bertz CT molecular complexity index is 695. The van der Waals surface area contributed by atoms with Crippen LogP contribution in [0.3, 0.4) is 0 Å². The standard InChI is InChI=1S/C18H21N3O2S/c1-13(11-19)12-24-17-8-4-3-7-16(17)21-18(22)20-14(2)10-15-6-5-9-23-15/h3-9,13-14H,10,12H2,1-2H3,(H2,20,21,22)/t13-,14-/m1/s1. The highest BCUT2D eigenvalue weighted by atomic mass is 32.2. The minimum absolute atomic E-state index is 0.0369. The number of amides is 2. The van der Waals surface area contributed by atoms with E-state index in [1.165, 1.54) is 0 Å². The molecule has 1 heterocycles. The number of nitrogens with one attached hydrogen (secondary N) is 2. The molecule has 1 aromatic carbocycles. The van der Waals surface area contributed by atoms with Crippen molar-refractivity contribution in [2.75, 3.05) is 11.1 Å². The quantitative estimate of drug-likeness (QED) is 0.735. The van der Waals surface area contributed by atoms with Gasteiger partial charge in [0.2, 0.25) is 0 Å². The van der Waals surface area contributed by atoms with Crippen molar-refractivity contribution in [1.82, 2.24) is 5.32 Å². The topological polar surface area (TPSA) is 78.1 Å². The molecule has 0 aliphatic rings. The van der Waals surface area contributed by atoms with Gasteiger partial charge in [-0.3, -0.25) is 0 Å². The van der Waals surface area contributed by atoms with Crippen molar-refractivity contribution in [3.05, 3.63) is 48.4 Å². The van der Waals surface area contributed by atoms with Gasteiger partial charge in [0.1, 0.15) is 5.76 Å². The second-order valence-electron chi connectivity index (χ2n) is 5.62. The van der Waals surface area contributed by atoms with Crippen molar-refractivity contribution in [3.8, 4) is 6.07 Å². The van der Waals surface area contributed by atoms with Crippen molar-refractivity contribution in [2.24, 2.45) is 5.92 Å². The van der Waals surface area contributed by atoms with Crippen molar-refractivity contribution in [3.63, 3.8) is 0 Å². The maximum atomic E-state index is 12.2. The minimum Gasteiger partial charge on any atom is -0.469 e. The molecule has 2 atom stereocenters. The number of carbonyl (C=O) groups is 1. The van der Waals surface area contributed by atoms with Crippen LogP contribution in [0.1, 0.15) is 19.6 Å². The van der Waals surface area contributed by atoms with Crippen molar-refractivity contribution in [2.45, 2.75) is 31.2 Å². The van der Waals surface area contributed by atoms with E-state index >= 15 is 0 Å². The third kappa shape index (κ3) is 5.67. The fourth-order valence-electron chi connectivity index (χ4n) is 2.11. The van der Waals surface area contributed by atoms with Crippen LogP contribution in [-0.2, 0) is 6.42 Å². The second-order valence-corrected chi connectivity index (χ2v) is 6.68. The van der Waals surface area contributed by atoms with E-state index in [1.807, 2.05) is 50.2 Å². The highest BCUT2D eigenvalue weighted by Gasteiger charge is 2.12. The summed E-state index contributed by atoms with van der Waals surface area (Å²) >= 11 is 1.56. The predicted molar refractivity (Wildman–Crippen MR) is 96.0 cm³/mol. The van der Waals surface area contributed by atoms with Crippen LogP contribution in [0.15, 0.2) is 52.0 Å². The zero-order valence-electron chi connectivity index (χ0n) is 13.8. The summed E-state index contributed by atoms with van der Waals surface area (Å²) in [6, 6.07) is 13.2. The molecule has 0 fully saturated rings. The smallest absolute Gasteiger partial charge is 0.319 e. The third-order valence-corrected chi connectivity index (χ3v) is 4.64. The summed E-state index contributed by atoms with van der Waals surface area (Å²) in [6.07, 6.45) is 2.26. The van der Waals surface area contributed by atoms with Gasteiger partial charge < -0.3 is 15.1 Å². The minimum atomic E-state index is -0.254. The van der Waals surface area contributed by atoms with Gasteiger partial charge in [0, 0.05) is 23.1 Å². The molecule has 24 heavy (non-hydrogen) atoms. The number of nitriles is 1. The number of anilines is 1. The molecule has 5 nitrogen and oxygen atoms in total. The molecule has 6 heteroatoms. The number of furan rings is 1. The molecule has 126 valence electrons. The Labute approximate surface area is 146 Å². The van der Waals surface area contributed by atoms with Gasteiger partial charge in [-0.25, -0.2) is 4.79 Å². The molecule has 0 spiro atoms. The highest BCUT2D eigenvalue weighted by Crippen LogP contribution is 2.28. The van der Waals surface area contributed by atoms with Crippen molar-refractivity contribution < 1.29 is 9.21 Å². The predicted octanol–water partition coefficient (Wildman–Crippen LogP) is 4.28. The zero-order valence-corrected chi connectivity index (χ0v) is 14.6. The van der Waals surface area contributed by atoms with Gasteiger partial charge >= 0.3 is 6.03 Å². The molecule has 2 rings (SSSR count). The number of hydrogen-bond acceptors (Lipinski definition) is 4. The summed E-state index contributed by atoms with van der Waals surface area (Å²) in [5.74, 6) is 1.49. The van der Waals surface area contributed by atoms with Crippen LogP contribution in [0.25, 0.3) is 0 Å². The largest absolute Gasteiger partial charge is 0.469 e. The number of nitrogens with zero attached hydrogens (tertiary/aromatic N) is 1. The van der Waals surface area contributed by atoms with Gasteiger partial charge in [0.15, 0.2) is 0 Å². The van der Waals surface area contributed by atoms with Crippen molar-refractivity contribution in [1.29, 1.82) is 5.26 Å². The Morgan fingerprint density at radius 3 is 2.79 bits per heavy atom. The molecule has 0 saturated carbocycles. The summed E-state index contributed by atoms with van der Waals surface area (Å²) < 4.78 is 5.29. The number of thioether (sulfide) groups is 1. The van der Waals surface area contributed by atoms with E-state index in [-0.39, 0.29) is 18.0 Å². The lowest BCUT2D eigenvalue weighted by molar-refractivity contribution is 0.248. The first-order valence-electron chi connectivity index (χ1n) is 7.80. The molecule has 2 N–H and O–H groups in total. The highest BCUT2D eigenvalue weighted by molar-refractivity contribution is 7.99. The van der Waals surface area contributed by atoms with E-state index < -0.39 is 0 Å². The third-order valence-electron chi connectivity index (χ3n) is 3.31. The van der Waals surface area contributed by atoms with Crippen molar-refractivity contribution >= 4 is 23.5 Å². The maximum absolute atomic E-state index is 12.2. The number of urea groups is 1. The molecule has 0 unspecified atom stereocenters. The first-order chi connectivity index (χ1) is 11.6. The number of benzene rings is 1. The van der Waals surface area contributed by atoms with Crippen LogP contribution in [0.4, 0.5) is 10.5 Å². The summed E-state index contributed by atoms with van der Waals surface area (Å²) in [5, 5.41) is 14.7. The van der Waals surface area contributed by atoms with Crippen LogP contribution in [-0.4, -0.2) is 17.8 Å². The average Bonchev–Trinajstić information content (AvgIpc) is 3.06. The first-order valence-corrected chi connectivity index (χ1v) is 8.78. The fourth-order valence-corrected chi connectivity index (χ4v) is 3.07. The Balaban J connectivity index is 1.90. The van der Waals surface area contributed by atoms with E-state index in [4.69, 9.17) is 9.68 Å². The van der Waals surface area contributed by atoms with Crippen LogP contribution in [0, 0.1) is 17.2 Å². The van der Waals surface area contributed by atoms with E-state index in [9.17, 15) is 4.79 Å². The molecular weight excluding hydrogens is 322 g/mol. The number of hydrogen-bond donors (Lipinski definition) is 2. The molecule has 2 aromatic rings. The summed E-state index contributed by atoms with van der Waals surface area (Å²) in [7, 11) is 0. The van der Waals surface area contributed by atoms with E-state index in [0.717, 1.165) is 16.3 Å². The number of para-hydroxylation sites is 1. The van der Waals surface area contributed by atoms with Gasteiger partial charge in [0.25, 0.3) is 0 Å². The molecule has 1 aromatic heterocycles. The van der Waals surface area contributed by atoms with Gasteiger partial charge in [-0.05, 0) is 38.1 Å². The average molecular weight is 343 g/mol. The molecule has 0 aliphatic heterocycles. The van der Waals surface area contributed by atoms with Gasteiger partial charge in [0.05, 0.1) is 23.9 Å². The molecule has 0 bridgehead atoms. The lowest BCUT2D eigenvalue weighted by Gasteiger charge is -2.15. The van der Waals surface area contributed by atoms with Crippen LogP contribution in [0.5, 0.6) is 0 Å². The summed E-state index contributed by atoms with van der Waals surface area (Å²) in [6.45, 7) is 3.81. The lowest BCUT2D eigenvalue weighted by atomic mass is 10.2. The van der Waals surface area contributed by atoms with E-state index in [2.05, 4.69) is 16.7 Å². The zero-order chi connectivity index (χ0) is 17.4. The number of rotatable bonds is 7. The monoisotopic (exact) mass is 343 g/mol. The van der Waals surface area contributed by atoms with Crippen LogP contribution >= 0.6 is 11.8 Å².